The normalized spacial score (nSPS) is 13.9. The quantitative estimate of drug-likeness (QED) is 0.774. The van der Waals surface area contributed by atoms with Crippen molar-refractivity contribution < 1.29 is 9.53 Å². The van der Waals surface area contributed by atoms with Gasteiger partial charge in [-0.3, -0.25) is 4.79 Å². The van der Waals surface area contributed by atoms with Crippen LogP contribution in [0, 0.1) is 0 Å². The van der Waals surface area contributed by atoms with Gasteiger partial charge in [0.2, 0.25) is 0 Å². The van der Waals surface area contributed by atoms with Crippen molar-refractivity contribution in [3.8, 4) is 16.9 Å². The molecule has 1 aliphatic heterocycles. The number of benzene rings is 2. The van der Waals surface area contributed by atoms with Crippen LogP contribution in [0.2, 0.25) is 5.02 Å². The van der Waals surface area contributed by atoms with Crippen molar-refractivity contribution in [2.75, 3.05) is 6.61 Å². The summed E-state index contributed by atoms with van der Waals surface area (Å²) in [4.78, 5) is 11.7. The van der Waals surface area contributed by atoms with Gasteiger partial charge in [0.25, 0.3) is 0 Å². The molecule has 1 heterocycles. The fourth-order valence-electron chi connectivity index (χ4n) is 2.12. The zero-order valence-corrected chi connectivity index (χ0v) is 10.4. The third-order valence-corrected chi connectivity index (χ3v) is 3.38. The summed E-state index contributed by atoms with van der Waals surface area (Å²) in [6.07, 6.45) is 0.457. The maximum Gasteiger partial charge on any atom is 0.169 e. The lowest BCUT2D eigenvalue weighted by atomic mass is 9.99. The zero-order chi connectivity index (χ0) is 12.5. The summed E-state index contributed by atoms with van der Waals surface area (Å²) in [5.74, 6) is 0.797. The minimum atomic E-state index is 0.141. The molecule has 3 heteroatoms. The molecule has 0 radical (unpaired) electrons. The summed E-state index contributed by atoms with van der Waals surface area (Å²) < 4.78 is 5.53. The van der Waals surface area contributed by atoms with Gasteiger partial charge in [-0.25, -0.2) is 0 Å². The van der Waals surface area contributed by atoms with E-state index in [1.165, 1.54) is 0 Å². The largest absolute Gasteiger partial charge is 0.492 e. The van der Waals surface area contributed by atoms with E-state index in [1.54, 1.807) is 0 Å². The van der Waals surface area contributed by atoms with Gasteiger partial charge in [-0.05, 0) is 23.8 Å². The highest BCUT2D eigenvalue weighted by Crippen LogP contribution is 2.33. The Morgan fingerprint density at radius 3 is 2.72 bits per heavy atom. The third-order valence-electron chi connectivity index (χ3n) is 3.05. The highest BCUT2D eigenvalue weighted by atomic mass is 35.5. The van der Waals surface area contributed by atoms with Crippen LogP contribution in [0.25, 0.3) is 11.1 Å². The molecule has 1 aliphatic rings. The Morgan fingerprint density at radius 1 is 1.06 bits per heavy atom. The Labute approximate surface area is 110 Å². The molecule has 0 N–H and O–H groups in total. The van der Waals surface area contributed by atoms with Gasteiger partial charge in [0.05, 0.1) is 12.2 Å². The molecule has 0 spiro atoms. The molecule has 0 saturated heterocycles. The molecule has 0 aliphatic carbocycles. The molecule has 0 aromatic heterocycles. The van der Waals surface area contributed by atoms with Crippen LogP contribution < -0.4 is 4.74 Å². The second-order valence-electron chi connectivity index (χ2n) is 4.21. The van der Waals surface area contributed by atoms with Crippen molar-refractivity contribution in [2.45, 2.75) is 6.42 Å². The molecule has 0 bridgehead atoms. The first-order valence-corrected chi connectivity index (χ1v) is 6.18. The number of ketones is 1. The van der Waals surface area contributed by atoms with Gasteiger partial charge >= 0.3 is 0 Å². The van der Waals surface area contributed by atoms with Gasteiger partial charge < -0.3 is 4.74 Å². The minimum Gasteiger partial charge on any atom is -0.492 e. The maximum atomic E-state index is 11.7. The third kappa shape index (κ3) is 1.89. The van der Waals surface area contributed by atoms with E-state index in [0.717, 1.165) is 11.1 Å². The smallest absolute Gasteiger partial charge is 0.169 e. The highest BCUT2D eigenvalue weighted by Gasteiger charge is 2.18. The Kier molecular flexibility index (Phi) is 2.80. The Morgan fingerprint density at radius 2 is 1.89 bits per heavy atom. The average molecular weight is 259 g/mol. The van der Waals surface area contributed by atoms with Crippen LogP contribution in [0.3, 0.4) is 0 Å². The van der Waals surface area contributed by atoms with E-state index in [2.05, 4.69) is 0 Å². The number of carbonyl (C=O) groups excluding carboxylic acids is 1. The predicted octanol–water partition coefficient (Wildman–Crippen LogP) is 3.97. The summed E-state index contributed by atoms with van der Waals surface area (Å²) in [5.41, 5.74) is 2.58. The van der Waals surface area contributed by atoms with E-state index in [1.807, 2.05) is 42.5 Å². The summed E-state index contributed by atoms with van der Waals surface area (Å²) in [6, 6.07) is 13.2. The lowest BCUT2D eigenvalue weighted by Crippen LogP contribution is -2.15. The topological polar surface area (TPSA) is 26.3 Å². The van der Waals surface area contributed by atoms with E-state index in [4.69, 9.17) is 16.3 Å². The number of carbonyl (C=O) groups is 1. The number of hydrogen-bond donors (Lipinski definition) is 0. The molecule has 0 amide bonds. The molecule has 2 nitrogen and oxygen atoms in total. The van der Waals surface area contributed by atoms with Crippen LogP contribution in [0.15, 0.2) is 42.5 Å². The number of Topliss-reactive ketones (excluding diaryl/α,β-unsaturated/α-hetero) is 1. The monoisotopic (exact) mass is 258 g/mol. The number of ether oxygens (including phenoxy) is 1. The van der Waals surface area contributed by atoms with Crippen molar-refractivity contribution in [3.63, 3.8) is 0 Å². The SMILES string of the molecule is O=C1CCOc2cc(-c3ccccc3Cl)ccc21. The second-order valence-corrected chi connectivity index (χ2v) is 4.62. The van der Waals surface area contributed by atoms with Crippen LogP contribution >= 0.6 is 11.6 Å². The van der Waals surface area contributed by atoms with Crippen molar-refractivity contribution in [1.82, 2.24) is 0 Å². The number of fused-ring (bicyclic) bond motifs is 1. The van der Waals surface area contributed by atoms with Crippen molar-refractivity contribution >= 4 is 17.4 Å². The molecular formula is C15H11ClO2. The van der Waals surface area contributed by atoms with Crippen LogP contribution in [-0.2, 0) is 0 Å². The van der Waals surface area contributed by atoms with E-state index in [9.17, 15) is 4.79 Å². The fourth-order valence-corrected chi connectivity index (χ4v) is 2.37. The van der Waals surface area contributed by atoms with E-state index in [0.29, 0.717) is 29.4 Å². The standard InChI is InChI=1S/C15H11ClO2/c16-13-4-2-1-3-11(13)10-5-6-12-14(17)7-8-18-15(12)9-10/h1-6,9H,7-8H2. The summed E-state index contributed by atoms with van der Waals surface area (Å²) in [7, 11) is 0. The predicted molar refractivity (Wildman–Crippen MR) is 71.3 cm³/mol. The average Bonchev–Trinajstić information content (AvgIpc) is 2.39. The first-order valence-electron chi connectivity index (χ1n) is 5.80. The molecule has 0 unspecified atom stereocenters. The lowest BCUT2D eigenvalue weighted by molar-refractivity contribution is 0.0933. The van der Waals surface area contributed by atoms with E-state index >= 15 is 0 Å². The Hall–Kier alpha value is -1.80. The fraction of sp³-hybridized carbons (Fsp3) is 0.133. The number of rotatable bonds is 1. The van der Waals surface area contributed by atoms with Crippen molar-refractivity contribution in [2.24, 2.45) is 0 Å². The molecular weight excluding hydrogens is 248 g/mol. The van der Waals surface area contributed by atoms with Gasteiger partial charge in [0.15, 0.2) is 5.78 Å². The molecule has 3 rings (SSSR count). The Bertz CT molecular complexity index is 620. The number of halogens is 1. The molecule has 2 aromatic rings. The first-order chi connectivity index (χ1) is 8.75. The molecule has 0 fully saturated rings. The van der Waals surface area contributed by atoms with Gasteiger partial charge in [0, 0.05) is 17.0 Å². The molecule has 0 saturated carbocycles. The van der Waals surface area contributed by atoms with Crippen LogP contribution in [0.1, 0.15) is 16.8 Å². The Balaban J connectivity index is 2.10. The number of hydrogen-bond acceptors (Lipinski definition) is 2. The minimum absolute atomic E-state index is 0.141. The summed E-state index contributed by atoms with van der Waals surface area (Å²) >= 11 is 6.16. The molecule has 90 valence electrons. The van der Waals surface area contributed by atoms with Gasteiger partial charge in [0.1, 0.15) is 5.75 Å². The van der Waals surface area contributed by atoms with E-state index in [-0.39, 0.29) is 5.78 Å². The van der Waals surface area contributed by atoms with Crippen molar-refractivity contribution in [1.29, 1.82) is 0 Å². The van der Waals surface area contributed by atoms with Crippen LogP contribution in [-0.4, -0.2) is 12.4 Å². The van der Waals surface area contributed by atoms with Gasteiger partial charge in [-0.2, -0.15) is 0 Å². The summed E-state index contributed by atoms with van der Waals surface area (Å²) in [5, 5.41) is 0.694. The summed E-state index contributed by atoms with van der Waals surface area (Å²) in [6.45, 7) is 0.456. The van der Waals surface area contributed by atoms with Gasteiger partial charge in [-0.15, -0.1) is 0 Å². The molecule has 2 aromatic carbocycles. The highest BCUT2D eigenvalue weighted by molar-refractivity contribution is 6.33. The van der Waals surface area contributed by atoms with Gasteiger partial charge in [-0.1, -0.05) is 35.9 Å². The molecule has 18 heavy (non-hydrogen) atoms. The lowest BCUT2D eigenvalue weighted by Gasteiger charge is -2.17. The van der Waals surface area contributed by atoms with Crippen LogP contribution in [0.5, 0.6) is 5.75 Å². The first kappa shape index (κ1) is 11.3. The van der Waals surface area contributed by atoms with Crippen molar-refractivity contribution in [3.05, 3.63) is 53.1 Å². The van der Waals surface area contributed by atoms with Crippen LogP contribution in [0.4, 0.5) is 0 Å². The van der Waals surface area contributed by atoms with E-state index < -0.39 is 0 Å². The second kappa shape index (κ2) is 4.46. The molecule has 0 atom stereocenters. The maximum absolute atomic E-state index is 11.7. The zero-order valence-electron chi connectivity index (χ0n) is 9.65.